The molecule has 1 unspecified atom stereocenters. The van der Waals surface area contributed by atoms with Crippen LogP contribution in [0.3, 0.4) is 0 Å². The first-order valence-electron chi connectivity index (χ1n) is 4.96. The van der Waals surface area contributed by atoms with E-state index in [4.69, 9.17) is 5.11 Å². The maximum Gasteiger partial charge on any atom is 0.422 e. The molecule has 0 saturated carbocycles. The van der Waals surface area contributed by atoms with Gasteiger partial charge in [-0.3, -0.25) is 4.79 Å². The van der Waals surface area contributed by atoms with Crippen LogP contribution in [-0.2, 0) is 4.79 Å². The van der Waals surface area contributed by atoms with Gasteiger partial charge in [0, 0.05) is 5.56 Å². The zero-order valence-electron chi connectivity index (χ0n) is 9.58. The van der Waals surface area contributed by atoms with Crippen molar-refractivity contribution in [2.45, 2.75) is 18.6 Å². The van der Waals surface area contributed by atoms with Gasteiger partial charge in [0.2, 0.25) is 5.54 Å². The monoisotopic (exact) mass is 279 g/mol. The van der Waals surface area contributed by atoms with E-state index in [2.05, 4.69) is 0 Å². The predicted molar refractivity (Wildman–Crippen MR) is 56.0 cm³/mol. The van der Waals surface area contributed by atoms with Gasteiger partial charge < -0.3 is 10.4 Å². The Labute approximate surface area is 105 Å². The number of aliphatic carboxylic acids is 1. The van der Waals surface area contributed by atoms with Crippen LogP contribution in [0.25, 0.3) is 0 Å². The highest BCUT2D eigenvalue weighted by Gasteiger charge is 2.58. The Bertz CT molecular complexity index is 515. The Balaban J connectivity index is 3.06. The molecule has 0 fully saturated rings. The molecule has 0 aromatic heterocycles. The minimum Gasteiger partial charge on any atom is -0.479 e. The Hall–Kier alpha value is -2.12. The van der Waals surface area contributed by atoms with Crippen molar-refractivity contribution in [1.82, 2.24) is 5.32 Å². The van der Waals surface area contributed by atoms with Gasteiger partial charge in [-0.1, -0.05) is 6.07 Å². The van der Waals surface area contributed by atoms with E-state index in [9.17, 15) is 27.2 Å². The third kappa shape index (κ3) is 3.01. The van der Waals surface area contributed by atoms with Crippen LogP contribution in [-0.4, -0.2) is 28.7 Å². The largest absolute Gasteiger partial charge is 0.479 e. The fourth-order valence-corrected chi connectivity index (χ4v) is 1.17. The van der Waals surface area contributed by atoms with Gasteiger partial charge >= 0.3 is 12.1 Å². The van der Waals surface area contributed by atoms with E-state index in [1.165, 1.54) is 5.32 Å². The number of carboxylic acid groups (broad SMARTS) is 1. The van der Waals surface area contributed by atoms with Crippen molar-refractivity contribution < 1.29 is 32.3 Å². The van der Waals surface area contributed by atoms with Crippen molar-refractivity contribution in [2.75, 3.05) is 0 Å². The molecular weight excluding hydrogens is 270 g/mol. The highest BCUT2D eigenvalue weighted by Crippen LogP contribution is 2.30. The molecule has 0 aliphatic heterocycles. The van der Waals surface area contributed by atoms with Crippen molar-refractivity contribution in [3.8, 4) is 0 Å². The Morgan fingerprint density at radius 2 is 1.84 bits per heavy atom. The second-order valence-corrected chi connectivity index (χ2v) is 3.89. The van der Waals surface area contributed by atoms with Gasteiger partial charge in [0.1, 0.15) is 5.82 Å². The average molecular weight is 279 g/mol. The molecule has 1 amide bonds. The van der Waals surface area contributed by atoms with Crippen LogP contribution >= 0.6 is 0 Å². The van der Waals surface area contributed by atoms with Crippen molar-refractivity contribution in [3.05, 3.63) is 35.6 Å². The first-order chi connectivity index (χ1) is 8.58. The highest BCUT2D eigenvalue weighted by molar-refractivity contribution is 5.98. The van der Waals surface area contributed by atoms with Crippen molar-refractivity contribution in [2.24, 2.45) is 0 Å². The van der Waals surface area contributed by atoms with Gasteiger partial charge in [-0.05, 0) is 25.1 Å². The van der Waals surface area contributed by atoms with Crippen LogP contribution in [0.4, 0.5) is 17.6 Å². The fourth-order valence-electron chi connectivity index (χ4n) is 1.17. The van der Waals surface area contributed by atoms with E-state index in [-0.39, 0.29) is 0 Å². The van der Waals surface area contributed by atoms with E-state index < -0.39 is 35.0 Å². The molecule has 104 valence electrons. The lowest BCUT2D eigenvalue weighted by Gasteiger charge is -2.28. The number of carboxylic acids is 1. The number of carbonyl (C=O) groups excluding carboxylic acids is 1. The molecule has 0 bridgehead atoms. The lowest BCUT2D eigenvalue weighted by Crippen LogP contribution is -2.61. The quantitative estimate of drug-likeness (QED) is 0.831. The number of hydrogen-bond donors (Lipinski definition) is 2. The molecule has 1 aromatic carbocycles. The third-order valence-corrected chi connectivity index (χ3v) is 2.45. The van der Waals surface area contributed by atoms with Crippen LogP contribution in [0.15, 0.2) is 24.3 Å². The summed E-state index contributed by atoms with van der Waals surface area (Å²) >= 11 is 0. The van der Waals surface area contributed by atoms with E-state index >= 15 is 0 Å². The summed E-state index contributed by atoms with van der Waals surface area (Å²) < 4.78 is 50.8. The second-order valence-electron chi connectivity index (χ2n) is 3.89. The number of hydrogen-bond acceptors (Lipinski definition) is 2. The van der Waals surface area contributed by atoms with Crippen LogP contribution in [0.5, 0.6) is 0 Å². The molecule has 0 saturated heterocycles. The van der Waals surface area contributed by atoms with Gasteiger partial charge in [0.05, 0.1) is 0 Å². The van der Waals surface area contributed by atoms with E-state index in [0.717, 1.165) is 18.2 Å². The number of alkyl halides is 3. The first-order valence-corrected chi connectivity index (χ1v) is 4.96. The SMILES string of the molecule is CC(NC(=O)c1cccc(F)c1)(C(=O)O)C(F)(F)F. The van der Waals surface area contributed by atoms with Crippen LogP contribution < -0.4 is 5.32 Å². The lowest BCUT2D eigenvalue weighted by molar-refractivity contribution is -0.203. The fraction of sp³-hybridized carbons (Fsp3) is 0.273. The number of nitrogens with one attached hydrogen (secondary N) is 1. The van der Waals surface area contributed by atoms with E-state index in [0.29, 0.717) is 13.0 Å². The molecule has 0 aliphatic carbocycles. The molecule has 1 rings (SSSR count). The number of halogens is 4. The standard InChI is InChI=1S/C11H9F4NO3/c1-10(9(18)19,11(13,14)15)16-8(17)6-3-2-4-7(12)5-6/h2-5H,1H3,(H,16,17)(H,18,19). The molecule has 4 nitrogen and oxygen atoms in total. The Kier molecular flexibility index (Phi) is 3.83. The summed E-state index contributed by atoms with van der Waals surface area (Å²) in [5.74, 6) is -4.41. The summed E-state index contributed by atoms with van der Waals surface area (Å²) in [7, 11) is 0. The molecule has 0 heterocycles. The third-order valence-electron chi connectivity index (χ3n) is 2.45. The second kappa shape index (κ2) is 4.87. The summed E-state index contributed by atoms with van der Waals surface area (Å²) in [6, 6.07) is 3.89. The van der Waals surface area contributed by atoms with Crippen LogP contribution in [0, 0.1) is 5.82 Å². The summed E-state index contributed by atoms with van der Waals surface area (Å²) in [5, 5.41) is 9.96. The van der Waals surface area contributed by atoms with Gasteiger partial charge in [-0.2, -0.15) is 13.2 Å². The van der Waals surface area contributed by atoms with Crippen LogP contribution in [0.1, 0.15) is 17.3 Å². The van der Waals surface area contributed by atoms with Crippen molar-refractivity contribution in [1.29, 1.82) is 0 Å². The minimum absolute atomic E-state index is 0.312. The summed E-state index contributed by atoms with van der Waals surface area (Å²) in [6.45, 7) is 0.312. The Morgan fingerprint density at radius 1 is 1.26 bits per heavy atom. The minimum atomic E-state index is -5.19. The normalized spacial score (nSPS) is 14.6. The first kappa shape index (κ1) is 14.9. The molecule has 0 spiro atoms. The van der Waals surface area contributed by atoms with Gasteiger partial charge in [0.25, 0.3) is 5.91 Å². The molecule has 0 aliphatic rings. The van der Waals surface area contributed by atoms with Gasteiger partial charge in [-0.25, -0.2) is 9.18 Å². The zero-order valence-corrected chi connectivity index (χ0v) is 9.58. The molecule has 1 aromatic rings. The number of rotatable bonds is 3. The molecule has 1 atom stereocenters. The summed E-state index contributed by atoms with van der Waals surface area (Å²) in [4.78, 5) is 22.2. The smallest absolute Gasteiger partial charge is 0.422 e. The van der Waals surface area contributed by atoms with Gasteiger partial charge in [0.15, 0.2) is 0 Å². The summed E-state index contributed by atoms with van der Waals surface area (Å²) in [5.41, 5.74) is -3.85. The Morgan fingerprint density at radius 3 is 2.26 bits per heavy atom. The number of benzene rings is 1. The maximum absolute atomic E-state index is 12.8. The maximum atomic E-state index is 12.8. The van der Waals surface area contributed by atoms with E-state index in [1.807, 2.05) is 0 Å². The zero-order chi connectivity index (χ0) is 14.8. The predicted octanol–water partition coefficient (Wildman–Crippen LogP) is 1.96. The molecule has 8 heteroatoms. The molecule has 2 N–H and O–H groups in total. The number of carbonyl (C=O) groups is 2. The van der Waals surface area contributed by atoms with E-state index in [1.54, 1.807) is 0 Å². The number of amides is 1. The van der Waals surface area contributed by atoms with Crippen molar-refractivity contribution in [3.63, 3.8) is 0 Å². The average Bonchev–Trinajstić information content (AvgIpc) is 2.27. The molecule has 19 heavy (non-hydrogen) atoms. The molecular formula is C11H9F4NO3. The van der Waals surface area contributed by atoms with Crippen molar-refractivity contribution >= 4 is 11.9 Å². The highest BCUT2D eigenvalue weighted by atomic mass is 19.4. The molecule has 0 radical (unpaired) electrons. The summed E-state index contributed by atoms with van der Waals surface area (Å²) in [6.07, 6.45) is -5.19. The lowest BCUT2D eigenvalue weighted by atomic mass is 10.0. The van der Waals surface area contributed by atoms with Crippen LogP contribution in [0.2, 0.25) is 0 Å². The topological polar surface area (TPSA) is 66.4 Å². The van der Waals surface area contributed by atoms with Gasteiger partial charge in [-0.15, -0.1) is 0 Å².